The molecule has 18 heavy (non-hydrogen) atoms. The van der Waals surface area contributed by atoms with Crippen molar-refractivity contribution in [1.29, 1.82) is 0 Å². The number of halogens is 1. The smallest absolute Gasteiger partial charge is 0.0406 e. The van der Waals surface area contributed by atoms with E-state index in [9.17, 15) is 0 Å². The minimum Gasteiger partial charge on any atom is -0.311 e. The molecule has 0 aliphatic heterocycles. The van der Waals surface area contributed by atoms with E-state index in [4.69, 9.17) is 11.6 Å². The van der Waals surface area contributed by atoms with Gasteiger partial charge >= 0.3 is 0 Å². The number of rotatable bonds is 5. The van der Waals surface area contributed by atoms with Gasteiger partial charge in [0.15, 0.2) is 0 Å². The lowest BCUT2D eigenvalue weighted by atomic mass is 9.88. The third-order valence-electron chi connectivity index (χ3n) is 3.89. The van der Waals surface area contributed by atoms with Gasteiger partial charge in [0.1, 0.15) is 0 Å². The molecule has 0 aromatic heterocycles. The predicted octanol–water partition coefficient (Wildman–Crippen LogP) is 4.50. The first-order valence-electron chi connectivity index (χ1n) is 6.74. The van der Waals surface area contributed by atoms with Crippen molar-refractivity contribution in [3.63, 3.8) is 0 Å². The standard InChI is InChI=1S/C15H22ClNS/c1-18-15(9-3-2-4-10-15)12-17-11-13-5-7-14(16)8-6-13/h5-8,17H,2-4,9-12H2,1H3. The molecule has 1 fully saturated rings. The lowest BCUT2D eigenvalue weighted by molar-refractivity contribution is 0.379. The van der Waals surface area contributed by atoms with Crippen LogP contribution in [0.15, 0.2) is 24.3 Å². The molecular weight excluding hydrogens is 262 g/mol. The zero-order valence-electron chi connectivity index (χ0n) is 11.0. The molecule has 0 atom stereocenters. The second-order valence-corrected chi connectivity index (χ2v) is 6.89. The Morgan fingerprint density at radius 2 is 1.83 bits per heavy atom. The van der Waals surface area contributed by atoms with E-state index in [0.29, 0.717) is 4.75 Å². The SMILES string of the molecule is CSC1(CNCc2ccc(Cl)cc2)CCCCC1. The summed E-state index contributed by atoms with van der Waals surface area (Å²) in [6, 6.07) is 8.12. The molecule has 0 radical (unpaired) electrons. The predicted molar refractivity (Wildman–Crippen MR) is 82.5 cm³/mol. The second-order valence-electron chi connectivity index (χ2n) is 5.18. The third-order valence-corrected chi connectivity index (χ3v) is 5.56. The molecule has 1 aliphatic carbocycles. The van der Waals surface area contributed by atoms with E-state index in [1.165, 1.54) is 37.7 Å². The second kappa shape index (κ2) is 6.83. The fraction of sp³-hybridized carbons (Fsp3) is 0.600. The molecule has 0 saturated heterocycles. The highest BCUT2D eigenvalue weighted by molar-refractivity contribution is 8.00. The van der Waals surface area contributed by atoms with Gasteiger partial charge in [-0.25, -0.2) is 0 Å². The van der Waals surface area contributed by atoms with E-state index in [1.807, 2.05) is 23.9 Å². The largest absolute Gasteiger partial charge is 0.311 e. The maximum atomic E-state index is 5.89. The van der Waals surface area contributed by atoms with Crippen LogP contribution >= 0.6 is 23.4 Å². The van der Waals surface area contributed by atoms with Crippen molar-refractivity contribution in [3.8, 4) is 0 Å². The van der Waals surface area contributed by atoms with Gasteiger partial charge in [-0.05, 0) is 36.8 Å². The lowest BCUT2D eigenvalue weighted by Crippen LogP contribution is -2.39. The van der Waals surface area contributed by atoms with Crippen molar-refractivity contribution >= 4 is 23.4 Å². The summed E-state index contributed by atoms with van der Waals surface area (Å²) in [5.74, 6) is 0. The summed E-state index contributed by atoms with van der Waals surface area (Å²) in [5.41, 5.74) is 1.31. The molecule has 0 spiro atoms. The monoisotopic (exact) mass is 283 g/mol. The first-order chi connectivity index (χ1) is 8.74. The Hall–Kier alpha value is -0.180. The summed E-state index contributed by atoms with van der Waals surface area (Å²) in [6.07, 6.45) is 9.19. The highest BCUT2D eigenvalue weighted by atomic mass is 35.5. The van der Waals surface area contributed by atoms with Gasteiger partial charge in [-0.1, -0.05) is 43.0 Å². The Morgan fingerprint density at radius 3 is 2.44 bits per heavy atom. The quantitative estimate of drug-likeness (QED) is 0.854. The molecule has 2 rings (SSSR count). The molecule has 1 saturated carbocycles. The highest BCUT2D eigenvalue weighted by Crippen LogP contribution is 2.37. The number of benzene rings is 1. The summed E-state index contributed by atoms with van der Waals surface area (Å²) in [4.78, 5) is 0. The van der Waals surface area contributed by atoms with E-state index in [1.54, 1.807) is 0 Å². The molecule has 1 nitrogen and oxygen atoms in total. The molecule has 1 N–H and O–H groups in total. The van der Waals surface area contributed by atoms with Crippen molar-refractivity contribution in [2.24, 2.45) is 0 Å². The van der Waals surface area contributed by atoms with Crippen LogP contribution in [0.1, 0.15) is 37.7 Å². The summed E-state index contributed by atoms with van der Waals surface area (Å²) < 4.78 is 0.477. The highest BCUT2D eigenvalue weighted by Gasteiger charge is 2.30. The van der Waals surface area contributed by atoms with E-state index >= 15 is 0 Å². The molecular formula is C15H22ClNS. The fourth-order valence-electron chi connectivity index (χ4n) is 2.69. The van der Waals surface area contributed by atoms with E-state index in [0.717, 1.165) is 18.1 Å². The molecule has 1 aromatic rings. The summed E-state index contributed by atoms with van der Waals surface area (Å²) in [6.45, 7) is 2.07. The summed E-state index contributed by atoms with van der Waals surface area (Å²) in [5, 5.41) is 4.43. The van der Waals surface area contributed by atoms with Gasteiger partial charge in [0, 0.05) is 22.9 Å². The van der Waals surface area contributed by atoms with Crippen molar-refractivity contribution in [2.75, 3.05) is 12.8 Å². The van der Waals surface area contributed by atoms with Crippen LogP contribution in [0.3, 0.4) is 0 Å². The van der Waals surface area contributed by atoms with Crippen molar-refractivity contribution in [3.05, 3.63) is 34.9 Å². The van der Waals surface area contributed by atoms with E-state index < -0.39 is 0 Å². The van der Waals surface area contributed by atoms with E-state index in [2.05, 4.69) is 23.7 Å². The molecule has 0 bridgehead atoms. The summed E-state index contributed by atoms with van der Waals surface area (Å²) in [7, 11) is 0. The molecule has 1 aromatic carbocycles. The minimum atomic E-state index is 0.477. The topological polar surface area (TPSA) is 12.0 Å². The number of nitrogens with one attached hydrogen (secondary N) is 1. The van der Waals surface area contributed by atoms with Crippen LogP contribution in [0, 0.1) is 0 Å². The number of thioether (sulfide) groups is 1. The van der Waals surface area contributed by atoms with Crippen molar-refractivity contribution in [1.82, 2.24) is 5.32 Å². The van der Waals surface area contributed by atoms with Gasteiger partial charge in [-0.15, -0.1) is 0 Å². The van der Waals surface area contributed by atoms with Crippen LogP contribution in [-0.4, -0.2) is 17.5 Å². The first-order valence-corrected chi connectivity index (χ1v) is 8.35. The van der Waals surface area contributed by atoms with Gasteiger partial charge in [0.05, 0.1) is 0 Å². The van der Waals surface area contributed by atoms with Crippen LogP contribution in [-0.2, 0) is 6.54 Å². The molecule has 3 heteroatoms. The Labute approximate surface area is 120 Å². The lowest BCUT2D eigenvalue weighted by Gasteiger charge is -2.36. The fourth-order valence-corrected chi connectivity index (χ4v) is 3.76. The molecule has 100 valence electrons. The Balaban J connectivity index is 1.81. The Morgan fingerprint density at radius 1 is 1.17 bits per heavy atom. The molecule has 1 aliphatic rings. The van der Waals surface area contributed by atoms with Crippen molar-refractivity contribution < 1.29 is 0 Å². The van der Waals surface area contributed by atoms with Crippen molar-refractivity contribution in [2.45, 2.75) is 43.4 Å². The van der Waals surface area contributed by atoms with Gasteiger partial charge in [0.2, 0.25) is 0 Å². The van der Waals surface area contributed by atoms with Crippen LogP contribution < -0.4 is 5.32 Å². The maximum absolute atomic E-state index is 5.89. The van der Waals surface area contributed by atoms with Crippen LogP contribution in [0.4, 0.5) is 0 Å². The Kier molecular flexibility index (Phi) is 5.40. The Bertz CT molecular complexity index is 357. The molecule has 0 amide bonds. The average Bonchev–Trinajstić information content (AvgIpc) is 2.42. The van der Waals surface area contributed by atoms with Crippen LogP contribution in [0.5, 0.6) is 0 Å². The molecule has 0 heterocycles. The van der Waals surface area contributed by atoms with Crippen LogP contribution in [0.25, 0.3) is 0 Å². The zero-order chi connectivity index (χ0) is 12.8. The van der Waals surface area contributed by atoms with E-state index in [-0.39, 0.29) is 0 Å². The summed E-state index contributed by atoms with van der Waals surface area (Å²) >= 11 is 7.94. The number of hydrogen-bond acceptors (Lipinski definition) is 2. The first kappa shape index (κ1) is 14.2. The average molecular weight is 284 g/mol. The van der Waals surface area contributed by atoms with Gasteiger partial charge in [-0.3, -0.25) is 0 Å². The normalized spacial score (nSPS) is 18.8. The third kappa shape index (κ3) is 3.91. The van der Waals surface area contributed by atoms with Gasteiger partial charge in [0.25, 0.3) is 0 Å². The number of hydrogen-bond donors (Lipinski definition) is 1. The zero-order valence-corrected chi connectivity index (χ0v) is 12.6. The van der Waals surface area contributed by atoms with Gasteiger partial charge in [-0.2, -0.15) is 11.8 Å². The van der Waals surface area contributed by atoms with Crippen LogP contribution in [0.2, 0.25) is 5.02 Å². The minimum absolute atomic E-state index is 0.477. The van der Waals surface area contributed by atoms with Gasteiger partial charge < -0.3 is 5.32 Å². The molecule has 0 unspecified atom stereocenters. The maximum Gasteiger partial charge on any atom is 0.0406 e.